The van der Waals surface area contributed by atoms with Gasteiger partial charge in [0.25, 0.3) is 0 Å². The number of nitrogens with two attached hydrogens (primary N) is 2. The molecule has 0 aromatic rings. The van der Waals surface area contributed by atoms with Gasteiger partial charge in [-0.3, -0.25) is 0 Å². The van der Waals surface area contributed by atoms with Crippen molar-refractivity contribution in [3.63, 3.8) is 0 Å². The van der Waals surface area contributed by atoms with Crippen LogP contribution < -0.4 is 11.5 Å². The predicted molar refractivity (Wildman–Crippen MR) is 61.2 cm³/mol. The van der Waals surface area contributed by atoms with E-state index in [1.165, 1.54) is 49.3 Å². The van der Waals surface area contributed by atoms with Crippen LogP contribution in [0.3, 0.4) is 0 Å². The minimum absolute atomic E-state index is 0.913. The third-order valence-electron chi connectivity index (χ3n) is 2.59. The van der Waals surface area contributed by atoms with Crippen LogP contribution in [0.4, 0.5) is 0 Å². The van der Waals surface area contributed by atoms with Gasteiger partial charge in [-0.25, -0.2) is 0 Å². The second-order valence-electron chi connectivity index (χ2n) is 3.49. The van der Waals surface area contributed by atoms with E-state index in [0.29, 0.717) is 0 Å². The number of rotatable bonds is 3. The number of ether oxygens (including phenoxy) is 1. The van der Waals surface area contributed by atoms with Gasteiger partial charge in [0.2, 0.25) is 0 Å². The number of hydrogen-bond acceptors (Lipinski definition) is 5. The molecular weight excluding hydrogens is 206 g/mol. The molecule has 1 aliphatic heterocycles. The maximum atomic E-state index is 7.10. The van der Waals surface area contributed by atoms with Crippen LogP contribution in [-0.4, -0.2) is 38.0 Å². The first-order valence-corrected chi connectivity index (χ1v) is 5.19. The van der Waals surface area contributed by atoms with Crippen LogP contribution in [-0.2, 0) is 4.74 Å². The van der Waals surface area contributed by atoms with E-state index in [9.17, 15) is 0 Å². The van der Waals surface area contributed by atoms with Gasteiger partial charge in [-0.15, -0.1) is 0 Å². The lowest BCUT2D eigenvalue weighted by molar-refractivity contribution is -0.932. The smallest absolute Gasteiger partial charge is 0.182 e. The van der Waals surface area contributed by atoms with E-state index in [1.807, 2.05) is 0 Å². The maximum absolute atomic E-state index is 7.10. The lowest BCUT2D eigenvalue weighted by Gasteiger charge is -2.31. The van der Waals surface area contributed by atoms with Crippen LogP contribution in [0, 0.1) is 22.9 Å². The summed E-state index contributed by atoms with van der Waals surface area (Å²) in [4.78, 5) is 0. The highest BCUT2D eigenvalue weighted by Crippen LogP contribution is 2.18. The minimum Gasteiger partial charge on any atom is -0.337 e. The first kappa shape index (κ1) is 16.9. The van der Waals surface area contributed by atoms with Gasteiger partial charge in [0.15, 0.2) is 19.1 Å². The molecule has 0 aliphatic carbocycles. The Morgan fingerprint density at radius 1 is 1.19 bits per heavy atom. The monoisotopic (exact) mass is 228 g/mol. The number of nitriles is 2. The average Bonchev–Trinajstić information content (AvgIpc) is 2.70. The van der Waals surface area contributed by atoms with E-state index < -0.39 is 0 Å². The molecule has 1 heterocycles. The molecule has 92 valence electrons. The highest BCUT2D eigenvalue weighted by atomic mass is 16.5. The lowest BCUT2D eigenvalue weighted by Crippen LogP contribution is -2.46. The van der Waals surface area contributed by atoms with Gasteiger partial charge in [0, 0.05) is 20.0 Å². The second kappa shape index (κ2) is 11.6. The number of quaternary nitrogens is 1. The molecule has 0 spiro atoms. The topological polar surface area (TPSA) is 109 Å². The summed E-state index contributed by atoms with van der Waals surface area (Å²) in [6.45, 7) is 7.04. The molecule has 4 N–H and O–H groups in total. The zero-order valence-electron chi connectivity index (χ0n) is 10.1. The molecule has 16 heavy (non-hydrogen) atoms. The van der Waals surface area contributed by atoms with Gasteiger partial charge in [0.1, 0.15) is 0 Å². The maximum Gasteiger partial charge on any atom is 0.182 e. The summed E-state index contributed by atoms with van der Waals surface area (Å²) in [5, 5.41) is 14.2. The van der Waals surface area contributed by atoms with Crippen molar-refractivity contribution < 1.29 is 9.22 Å². The molecule has 6 nitrogen and oxygen atoms in total. The normalized spacial score (nSPS) is 15.5. The third kappa shape index (κ3) is 7.86. The Bertz CT molecular complexity index is 212. The van der Waals surface area contributed by atoms with Crippen molar-refractivity contribution in [2.45, 2.75) is 19.8 Å². The Morgan fingerprint density at radius 3 is 1.81 bits per heavy atom. The van der Waals surface area contributed by atoms with Crippen LogP contribution in [0.5, 0.6) is 0 Å². The molecule has 1 aliphatic rings. The largest absolute Gasteiger partial charge is 0.337 e. The summed E-state index contributed by atoms with van der Waals surface area (Å²) in [5.41, 5.74) is 8.31. The van der Waals surface area contributed by atoms with Crippen molar-refractivity contribution in [2.75, 3.05) is 33.5 Å². The number of nitrogens with zero attached hydrogens (tertiary/aromatic N) is 3. The summed E-state index contributed by atoms with van der Waals surface area (Å²) in [7, 11) is 1.80. The van der Waals surface area contributed by atoms with E-state index in [0.717, 1.165) is 6.73 Å². The first-order chi connectivity index (χ1) is 7.66. The quantitative estimate of drug-likeness (QED) is 0.403. The fourth-order valence-electron chi connectivity index (χ4n) is 1.82. The molecule has 0 aromatic heterocycles. The van der Waals surface area contributed by atoms with Crippen LogP contribution in [0.2, 0.25) is 0 Å². The Morgan fingerprint density at radius 2 is 1.56 bits per heavy atom. The van der Waals surface area contributed by atoms with Crippen molar-refractivity contribution in [3.05, 3.63) is 0 Å². The average molecular weight is 228 g/mol. The summed E-state index contributed by atoms with van der Waals surface area (Å²) >= 11 is 0. The van der Waals surface area contributed by atoms with E-state index >= 15 is 0 Å². The Labute approximate surface area is 97.6 Å². The van der Waals surface area contributed by atoms with Crippen molar-refractivity contribution in [3.8, 4) is 12.4 Å². The van der Waals surface area contributed by atoms with Crippen LogP contribution >= 0.6 is 0 Å². The molecule has 0 unspecified atom stereocenters. The lowest BCUT2D eigenvalue weighted by atomic mass is 10.4. The van der Waals surface area contributed by atoms with Crippen LogP contribution in [0.1, 0.15) is 19.8 Å². The summed E-state index contributed by atoms with van der Waals surface area (Å²) in [6.07, 6.45) is 5.27. The molecule has 1 rings (SSSR count). The molecule has 1 fully saturated rings. The van der Waals surface area contributed by atoms with Gasteiger partial charge < -0.3 is 20.7 Å². The molecule has 0 saturated carbocycles. The van der Waals surface area contributed by atoms with E-state index in [2.05, 4.69) is 18.4 Å². The number of hydrogen-bond donors (Lipinski definition) is 2. The van der Waals surface area contributed by atoms with Gasteiger partial charge in [-0.1, -0.05) is 0 Å². The summed E-state index contributed by atoms with van der Waals surface area (Å²) < 4.78 is 6.38. The summed E-state index contributed by atoms with van der Waals surface area (Å²) in [6, 6.07) is 0. The fraction of sp³-hybridized carbons (Fsp3) is 0.800. The SMILES string of the molecule is CC[N+]1(COC)CCCC1.N#CN.N#CN. The summed E-state index contributed by atoms with van der Waals surface area (Å²) in [5.74, 6) is 0. The highest BCUT2D eigenvalue weighted by molar-refractivity contribution is 4.50. The number of methoxy groups -OCH3 is 1. The molecule has 0 aromatic carbocycles. The first-order valence-electron chi connectivity index (χ1n) is 5.19. The van der Waals surface area contributed by atoms with E-state index in [4.69, 9.17) is 15.3 Å². The molecule has 1 saturated heterocycles. The van der Waals surface area contributed by atoms with E-state index in [-0.39, 0.29) is 0 Å². The Balaban J connectivity index is 0. The standard InChI is InChI=1S/C8H18NO.2CH2N2/c1-3-9(8-10-2)6-4-5-7-9;2*2-1-3/h3-8H2,1-2H3;2*2H2/q+1;;. The molecule has 6 heteroatoms. The minimum atomic E-state index is 0.913. The molecule has 0 radical (unpaired) electrons. The molecular formula is C10H22N5O+. The van der Waals surface area contributed by atoms with Crippen LogP contribution in [0.15, 0.2) is 0 Å². The predicted octanol–water partition coefficient (Wildman–Crippen LogP) is 0.0732. The van der Waals surface area contributed by atoms with Gasteiger partial charge in [-0.2, -0.15) is 10.5 Å². The molecule has 0 bridgehead atoms. The zero-order valence-corrected chi connectivity index (χ0v) is 10.1. The Kier molecular flexibility index (Phi) is 12.2. The second-order valence-corrected chi connectivity index (χ2v) is 3.49. The van der Waals surface area contributed by atoms with Gasteiger partial charge in [0.05, 0.1) is 19.6 Å². The molecule has 0 atom stereocenters. The molecule has 0 amide bonds. The van der Waals surface area contributed by atoms with Gasteiger partial charge >= 0.3 is 0 Å². The van der Waals surface area contributed by atoms with Crippen molar-refractivity contribution in [1.82, 2.24) is 0 Å². The van der Waals surface area contributed by atoms with Crippen LogP contribution in [0.25, 0.3) is 0 Å². The highest BCUT2D eigenvalue weighted by Gasteiger charge is 2.29. The van der Waals surface area contributed by atoms with Crippen molar-refractivity contribution >= 4 is 0 Å². The van der Waals surface area contributed by atoms with Gasteiger partial charge in [-0.05, 0) is 6.92 Å². The Hall–Kier alpha value is -1.50. The third-order valence-corrected chi connectivity index (χ3v) is 2.59. The van der Waals surface area contributed by atoms with E-state index in [1.54, 1.807) is 7.11 Å². The van der Waals surface area contributed by atoms with Crippen molar-refractivity contribution in [1.29, 1.82) is 10.5 Å². The zero-order chi connectivity index (χ0) is 12.9. The van der Waals surface area contributed by atoms with Crippen molar-refractivity contribution in [2.24, 2.45) is 11.5 Å². The fourth-order valence-corrected chi connectivity index (χ4v) is 1.82. The number of likely N-dealkylation sites (tertiary alicyclic amines) is 1.